The molecule has 0 aromatic heterocycles. The maximum Gasteiger partial charge on any atom is 0.207 e. The van der Waals surface area contributed by atoms with E-state index in [0.717, 1.165) is 13.0 Å². The number of hydrogen-bond acceptors (Lipinski definition) is 2. The number of hydrogen-bond donors (Lipinski definition) is 1. The van der Waals surface area contributed by atoms with Gasteiger partial charge in [0.05, 0.1) is 0 Å². The molecule has 1 aliphatic heterocycles. The lowest BCUT2D eigenvalue weighted by Crippen LogP contribution is -2.18. The first kappa shape index (κ1) is 13.1. The summed E-state index contributed by atoms with van der Waals surface area (Å²) in [5.41, 5.74) is 2.54. The Kier molecular flexibility index (Phi) is 3.97. The summed E-state index contributed by atoms with van der Waals surface area (Å²) in [4.78, 5) is 13.0. The molecule has 1 N–H and O–H groups in total. The summed E-state index contributed by atoms with van der Waals surface area (Å²) in [6, 6.07) is 12.9. The Bertz CT molecular complexity index is 603. The highest BCUT2D eigenvalue weighted by Crippen LogP contribution is 2.22. The third kappa shape index (κ3) is 2.83. The van der Waals surface area contributed by atoms with Crippen molar-refractivity contribution in [1.29, 1.82) is 0 Å². The summed E-state index contributed by atoms with van der Waals surface area (Å²) in [5.74, 6) is 0. The largest absolute Gasteiger partial charge is 0.355 e. The Balaban J connectivity index is 1.85. The maximum atomic E-state index is 10.4. The summed E-state index contributed by atoms with van der Waals surface area (Å²) < 4.78 is 0. The molecule has 0 atom stereocenters. The average Bonchev–Trinajstić information content (AvgIpc) is 2.97. The van der Waals surface area contributed by atoms with Gasteiger partial charge in [-0.25, -0.2) is 0 Å². The summed E-state index contributed by atoms with van der Waals surface area (Å²) in [6.07, 6.45) is 3.41. The first-order valence-electron chi connectivity index (χ1n) is 7.27. The fraction of sp³-hybridized carbons (Fsp3) is 0.353. The summed E-state index contributed by atoms with van der Waals surface area (Å²) in [7, 11) is 0. The molecule has 0 saturated carbocycles. The molecule has 0 spiro atoms. The van der Waals surface area contributed by atoms with Crippen LogP contribution in [0, 0.1) is 0 Å². The van der Waals surface area contributed by atoms with Crippen molar-refractivity contribution in [3.8, 4) is 0 Å². The molecular formula is C17H20N2O. The molecule has 2 aromatic rings. The van der Waals surface area contributed by atoms with E-state index in [-0.39, 0.29) is 0 Å². The van der Waals surface area contributed by atoms with Crippen molar-refractivity contribution in [2.75, 3.05) is 13.1 Å². The van der Waals surface area contributed by atoms with Gasteiger partial charge in [0, 0.05) is 13.1 Å². The van der Waals surface area contributed by atoms with Gasteiger partial charge in [-0.2, -0.15) is 0 Å². The standard InChI is InChI=1S/C17H20N2O/c20-13-18-11-16-5-3-4-15-10-14(6-7-17(15)16)12-19-8-1-2-9-19/h3-7,10,13H,1-2,8-9,11-12H2,(H,18,20). The van der Waals surface area contributed by atoms with Crippen LogP contribution >= 0.6 is 0 Å². The molecule has 0 bridgehead atoms. The van der Waals surface area contributed by atoms with Gasteiger partial charge in [-0.05, 0) is 53.9 Å². The first-order valence-corrected chi connectivity index (χ1v) is 7.27. The fourth-order valence-corrected chi connectivity index (χ4v) is 3.00. The normalized spacial score (nSPS) is 15.6. The van der Waals surface area contributed by atoms with E-state index in [0.29, 0.717) is 6.54 Å². The molecule has 1 aliphatic rings. The summed E-state index contributed by atoms with van der Waals surface area (Å²) in [6.45, 7) is 4.09. The van der Waals surface area contributed by atoms with Crippen LogP contribution in [-0.4, -0.2) is 24.4 Å². The molecule has 1 amide bonds. The van der Waals surface area contributed by atoms with Gasteiger partial charge in [-0.1, -0.05) is 30.3 Å². The molecule has 20 heavy (non-hydrogen) atoms. The van der Waals surface area contributed by atoms with Crippen molar-refractivity contribution in [2.24, 2.45) is 0 Å². The molecule has 2 aromatic carbocycles. The molecule has 1 saturated heterocycles. The molecule has 0 aliphatic carbocycles. The van der Waals surface area contributed by atoms with Crippen molar-refractivity contribution in [3.05, 3.63) is 47.5 Å². The molecule has 3 heteroatoms. The zero-order valence-electron chi connectivity index (χ0n) is 11.6. The minimum atomic E-state index is 0.590. The second-order valence-electron chi connectivity index (χ2n) is 5.45. The first-order chi connectivity index (χ1) is 9.86. The minimum Gasteiger partial charge on any atom is -0.355 e. The van der Waals surface area contributed by atoms with Gasteiger partial charge in [0.15, 0.2) is 0 Å². The topological polar surface area (TPSA) is 32.3 Å². The zero-order valence-corrected chi connectivity index (χ0v) is 11.6. The minimum absolute atomic E-state index is 0.590. The Morgan fingerprint density at radius 1 is 1.15 bits per heavy atom. The highest BCUT2D eigenvalue weighted by molar-refractivity contribution is 5.86. The van der Waals surface area contributed by atoms with E-state index in [1.807, 2.05) is 0 Å². The van der Waals surface area contributed by atoms with Gasteiger partial charge in [-0.15, -0.1) is 0 Å². The zero-order chi connectivity index (χ0) is 13.8. The smallest absolute Gasteiger partial charge is 0.207 e. The van der Waals surface area contributed by atoms with Crippen LogP contribution in [0.5, 0.6) is 0 Å². The number of amides is 1. The fourth-order valence-electron chi connectivity index (χ4n) is 3.00. The van der Waals surface area contributed by atoms with E-state index < -0.39 is 0 Å². The van der Waals surface area contributed by atoms with Crippen molar-refractivity contribution in [1.82, 2.24) is 10.2 Å². The van der Waals surface area contributed by atoms with Gasteiger partial charge in [0.1, 0.15) is 0 Å². The molecule has 0 unspecified atom stereocenters. The molecule has 3 rings (SSSR count). The lowest BCUT2D eigenvalue weighted by molar-refractivity contribution is -0.109. The number of fused-ring (bicyclic) bond motifs is 1. The van der Waals surface area contributed by atoms with Crippen LogP contribution in [0.25, 0.3) is 10.8 Å². The number of nitrogens with one attached hydrogen (secondary N) is 1. The third-order valence-electron chi connectivity index (χ3n) is 4.02. The highest BCUT2D eigenvalue weighted by Gasteiger charge is 2.12. The molecule has 0 radical (unpaired) electrons. The van der Waals surface area contributed by atoms with E-state index in [1.165, 1.54) is 47.8 Å². The second kappa shape index (κ2) is 6.06. The van der Waals surface area contributed by atoms with Crippen molar-refractivity contribution in [2.45, 2.75) is 25.9 Å². The van der Waals surface area contributed by atoms with E-state index in [2.05, 4.69) is 46.6 Å². The lowest BCUT2D eigenvalue weighted by Gasteiger charge is -2.15. The van der Waals surface area contributed by atoms with Crippen molar-refractivity contribution < 1.29 is 4.79 Å². The monoisotopic (exact) mass is 268 g/mol. The van der Waals surface area contributed by atoms with E-state index in [1.54, 1.807) is 0 Å². The van der Waals surface area contributed by atoms with Crippen LogP contribution in [0.1, 0.15) is 24.0 Å². The molecular weight excluding hydrogens is 248 g/mol. The maximum absolute atomic E-state index is 10.4. The SMILES string of the molecule is O=CNCc1cccc2cc(CN3CCCC3)ccc12. The number of nitrogens with zero attached hydrogens (tertiary/aromatic N) is 1. The van der Waals surface area contributed by atoms with Crippen molar-refractivity contribution in [3.63, 3.8) is 0 Å². The number of carbonyl (C=O) groups excluding carboxylic acids is 1. The molecule has 1 fully saturated rings. The number of benzene rings is 2. The van der Waals surface area contributed by atoms with Gasteiger partial charge < -0.3 is 5.32 Å². The molecule has 3 nitrogen and oxygen atoms in total. The van der Waals surface area contributed by atoms with E-state index >= 15 is 0 Å². The number of likely N-dealkylation sites (tertiary alicyclic amines) is 1. The predicted octanol–water partition coefficient (Wildman–Crippen LogP) is 2.68. The average molecular weight is 268 g/mol. The third-order valence-corrected chi connectivity index (χ3v) is 4.02. The highest BCUT2D eigenvalue weighted by atomic mass is 16.1. The number of rotatable bonds is 5. The Labute approximate surface area is 119 Å². The van der Waals surface area contributed by atoms with Crippen LogP contribution < -0.4 is 5.32 Å². The van der Waals surface area contributed by atoms with Crippen LogP contribution in [0.15, 0.2) is 36.4 Å². The quantitative estimate of drug-likeness (QED) is 0.846. The van der Waals surface area contributed by atoms with E-state index in [9.17, 15) is 4.79 Å². The Morgan fingerprint density at radius 2 is 2.00 bits per heavy atom. The van der Waals surface area contributed by atoms with Gasteiger partial charge in [0.25, 0.3) is 0 Å². The molecule has 104 valence electrons. The van der Waals surface area contributed by atoms with Gasteiger partial charge in [-0.3, -0.25) is 9.69 Å². The lowest BCUT2D eigenvalue weighted by atomic mass is 10.0. The van der Waals surface area contributed by atoms with Crippen LogP contribution in [0.3, 0.4) is 0 Å². The van der Waals surface area contributed by atoms with Crippen LogP contribution in [-0.2, 0) is 17.9 Å². The summed E-state index contributed by atoms with van der Waals surface area (Å²) in [5, 5.41) is 5.23. The van der Waals surface area contributed by atoms with E-state index in [4.69, 9.17) is 0 Å². The molecule has 1 heterocycles. The predicted molar refractivity (Wildman–Crippen MR) is 81.4 cm³/mol. The summed E-state index contributed by atoms with van der Waals surface area (Å²) >= 11 is 0. The Hall–Kier alpha value is -1.87. The van der Waals surface area contributed by atoms with Crippen molar-refractivity contribution >= 4 is 17.2 Å². The Morgan fingerprint density at radius 3 is 2.80 bits per heavy atom. The second-order valence-corrected chi connectivity index (χ2v) is 5.45. The van der Waals surface area contributed by atoms with Crippen LogP contribution in [0.2, 0.25) is 0 Å². The van der Waals surface area contributed by atoms with Crippen LogP contribution in [0.4, 0.5) is 0 Å². The van der Waals surface area contributed by atoms with Gasteiger partial charge in [0.2, 0.25) is 6.41 Å². The number of carbonyl (C=O) groups is 1. The van der Waals surface area contributed by atoms with Gasteiger partial charge >= 0.3 is 0 Å².